The van der Waals surface area contributed by atoms with E-state index in [-0.39, 0.29) is 6.42 Å². The van der Waals surface area contributed by atoms with Crippen LogP contribution in [-0.2, 0) is 11.2 Å². The maximum absolute atomic E-state index is 11.1. The van der Waals surface area contributed by atoms with Gasteiger partial charge < -0.3 is 10.8 Å². The first-order chi connectivity index (χ1) is 9.08. The number of amides is 2. The molecule has 2 heterocycles. The fourth-order valence-electron chi connectivity index (χ4n) is 1.77. The van der Waals surface area contributed by atoms with Crippen LogP contribution in [0, 0.1) is 0 Å². The van der Waals surface area contributed by atoms with Crippen LogP contribution in [0.25, 0.3) is 10.6 Å². The second-order valence-corrected chi connectivity index (χ2v) is 4.84. The molecule has 4 N–H and O–H groups in total. The van der Waals surface area contributed by atoms with Crippen LogP contribution in [0.15, 0.2) is 29.6 Å². The number of aliphatic carboxylic acids is 1. The molecule has 0 bridgehead atoms. The number of carbonyl (C=O) groups is 2. The van der Waals surface area contributed by atoms with E-state index in [1.807, 2.05) is 23.6 Å². The maximum Gasteiger partial charge on any atom is 0.331 e. The molecule has 0 radical (unpaired) electrons. The molecule has 100 valence electrons. The molecule has 0 aromatic carbocycles. The van der Waals surface area contributed by atoms with E-state index in [2.05, 4.69) is 5.43 Å². The number of carboxylic acid groups (broad SMARTS) is 1. The molecule has 0 fully saturated rings. The number of carbonyl (C=O) groups excluding carboxylic acids is 1. The van der Waals surface area contributed by atoms with E-state index in [1.54, 1.807) is 6.07 Å². The summed E-state index contributed by atoms with van der Waals surface area (Å²) >= 11 is 1.53. The van der Waals surface area contributed by atoms with Gasteiger partial charge in [0.25, 0.3) is 0 Å². The summed E-state index contributed by atoms with van der Waals surface area (Å²) in [6.45, 7) is 0. The van der Waals surface area contributed by atoms with Crippen LogP contribution in [0.5, 0.6) is 0 Å². The highest BCUT2D eigenvalue weighted by Crippen LogP contribution is 2.26. The van der Waals surface area contributed by atoms with E-state index in [0.717, 1.165) is 10.6 Å². The fourth-order valence-corrected chi connectivity index (χ4v) is 2.51. The Morgan fingerprint density at radius 2 is 2.16 bits per heavy atom. The van der Waals surface area contributed by atoms with Crippen molar-refractivity contribution >= 4 is 23.3 Å². The van der Waals surface area contributed by atoms with Crippen molar-refractivity contribution in [3.05, 3.63) is 35.3 Å². The smallest absolute Gasteiger partial charge is 0.331 e. The van der Waals surface area contributed by atoms with Crippen LogP contribution in [0.3, 0.4) is 0 Å². The monoisotopic (exact) mass is 279 g/mol. The lowest BCUT2D eigenvalue weighted by molar-refractivity contribution is -0.136. The van der Waals surface area contributed by atoms with E-state index < -0.39 is 12.0 Å². The lowest BCUT2D eigenvalue weighted by atomic mass is 10.2. The van der Waals surface area contributed by atoms with Gasteiger partial charge in [0.1, 0.15) is 0 Å². The van der Waals surface area contributed by atoms with E-state index in [0.29, 0.717) is 12.1 Å². The molecule has 6 nitrogen and oxygen atoms in total. The van der Waals surface area contributed by atoms with Crippen molar-refractivity contribution in [3.8, 4) is 10.6 Å². The highest BCUT2D eigenvalue weighted by Gasteiger charge is 2.13. The van der Waals surface area contributed by atoms with E-state index in [1.165, 1.54) is 16.0 Å². The van der Waals surface area contributed by atoms with Crippen molar-refractivity contribution in [1.29, 1.82) is 0 Å². The Bertz CT molecular complexity index is 589. The first-order valence-corrected chi connectivity index (χ1v) is 6.48. The zero-order valence-corrected chi connectivity index (χ0v) is 10.8. The van der Waals surface area contributed by atoms with Crippen molar-refractivity contribution in [2.45, 2.75) is 12.8 Å². The molecule has 0 atom stereocenters. The molecular weight excluding hydrogens is 266 g/mol. The molecule has 7 heteroatoms. The van der Waals surface area contributed by atoms with Crippen molar-refractivity contribution in [1.82, 2.24) is 4.68 Å². The molecule has 2 aromatic heterocycles. The molecule has 0 aliphatic rings. The quantitative estimate of drug-likeness (QED) is 0.779. The lowest BCUT2D eigenvalue weighted by Crippen LogP contribution is -2.30. The Hall–Kier alpha value is -2.28. The molecule has 0 unspecified atom stereocenters. The summed E-state index contributed by atoms with van der Waals surface area (Å²) in [5, 5.41) is 10.6. The molecule has 19 heavy (non-hydrogen) atoms. The topological polar surface area (TPSA) is 97.4 Å². The van der Waals surface area contributed by atoms with Gasteiger partial charge in [0.05, 0.1) is 17.0 Å². The van der Waals surface area contributed by atoms with Gasteiger partial charge in [-0.25, -0.2) is 10.2 Å². The number of rotatable bonds is 5. The van der Waals surface area contributed by atoms with Crippen LogP contribution >= 0.6 is 11.3 Å². The van der Waals surface area contributed by atoms with E-state index in [9.17, 15) is 9.59 Å². The molecule has 0 aliphatic carbocycles. The number of primary amides is 1. The fraction of sp³-hybridized carbons (Fsp3) is 0.167. The third-order valence-corrected chi connectivity index (χ3v) is 3.44. The zero-order chi connectivity index (χ0) is 13.8. The minimum Gasteiger partial charge on any atom is -0.481 e. The normalized spacial score (nSPS) is 10.3. The standard InChI is InChI=1S/C12H13N3O3S/c13-12(18)14-15-8(4-6-11(16)17)3-5-9(15)10-2-1-7-19-10/h1-3,5,7H,4,6H2,(H,16,17)(H3,13,14,18). The van der Waals surface area contributed by atoms with Gasteiger partial charge in [0.2, 0.25) is 0 Å². The second kappa shape index (κ2) is 5.57. The minimum atomic E-state index is -0.885. The molecule has 0 saturated heterocycles. The number of aryl methyl sites for hydroxylation is 1. The van der Waals surface area contributed by atoms with Crippen LogP contribution in [0.1, 0.15) is 12.1 Å². The van der Waals surface area contributed by atoms with Crippen molar-refractivity contribution in [2.24, 2.45) is 5.73 Å². The summed E-state index contributed by atoms with van der Waals surface area (Å²) in [5.41, 5.74) is 9.14. The minimum absolute atomic E-state index is 0.00562. The summed E-state index contributed by atoms with van der Waals surface area (Å²) in [6, 6.07) is 6.75. The van der Waals surface area contributed by atoms with Gasteiger partial charge in [0, 0.05) is 12.1 Å². The van der Waals surface area contributed by atoms with Gasteiger partial charge >= 0.3 is 12.0 Å². The van der Waals surface area contributed by atoms with Gasteiger partial charge in [-0.2, -0.15) is 0 Å². The number of thiophene rings is 1. The average Bonchev–Trinajstić information content (AvgIpc) is 2.94. The zero-order valence-electron chi connectivity index (χ0n) is 10.00. The Morgan fingerprint density at radius 3 is 2.74 bits per heavy atom. The van der Waals surface area contributed by atoms with Crippen molar-refractivity contribution in [2.75, 3.05) is 5.43 Å². The van der Waals surface area contributed by atoms with E-state index in [4.69, 9.17) is 10.8 Å². The number of aromatic nitrogens is 1. The predicted octanol–water partition coefficient (Wildman–Crippen LogP) is 1.86. The van der Waals surface area contributed by atoms with Crippen molar-refractivity contribution in [3.63, 3.8) is 0 Å². The molecule has 0 aliphatic heterocycles. The highest BCUT2D eigenvalue weighted by molar-refractivity contribution is 7.13. The Balaban J connectivity index is 2.33. The molecule has 2 aromatic rings. The van der Waals surface area contributed by atoms with Gasteiger partial charge in [-0.1, -0.05) is 6.07 Å². The molecule has 0 spiro atoms. The number of nitrogens with two attached hydrogens (primary N) is 1. The summed E-state index contributed by atoms with van der Waals surface area (Å²) in [6.07, 6.45) is 0.315. The maximum atomic E-state index is 11.1. The summed E-state index contributed by atoms with van der Waals surface area (Å²) in [5.74, 6) is -0.885. The number of nitrogens with zero attached hydrogens (tertiary/aromatic N) is 1. The first kappa shape index (κ1) is 13.2. The average molecular weight is 279 g/mol. The summed E-state index contributed by atoms with van der Waals surface area (Å²) < 4.78 is 1.54. The van der Waals surface area contributed by atoms with Crippen LogP contribution in [0.4, 0.5) is 4.79 Å². The second-order valence-electron chi connectivity index (χ2n) is 3.89. The number of hydrogen-bond donors (Lipinski definition) is 3. The van der Waals surface area contributed by atoms with Gasteiger partial charge in [-0.15, -0.1) is 11.3 Å². The van der Waals surface area contributed by atoms with Gasteiger partial charge in [-0.05, 0) is 23.6 Å². The van der Waals surface area contributed by atoms with Crippen LogP contribution < -0.4 is 11.2 Å². The number of carboxylic acids is 1. The van der Waals surface area contributed by atoms with Crippen molar-refractivity contribution < 1.29 is 14.7 Å². The Morgan fingerprint density at radius 1 is 1.37 bits per heavy atom. The van der Waals surface area contributed by atoms with E-state index >= 15 is 0 Å². The molecule has 0 saturated carbocycles. The third-order valence-electron chi connectivity index (χ3n) is 2.55. The lowest BCUT2D eigenvalue weighted by Gasteiger charge is -2.12. The van der Waals surface area contributed by atoms with Gasteiger partial charge in [0.15, 0.2) is 0 Å². The molecular formula is C12H13N3O3S. The van der Waals surface area contributed by atoms with Crippen LogP contribution in [0.2, 0.25) is 0 Å². The predicted molar refractivity (Wildman–Crippen MR) is 72.6 cm³/mol. The Kier molecular flexibility index (Phi) is 3.86. The Labute approximate surface area is 113 Å². The van der Waals surface area contributed by atoms with Crippen LogP contribution in [-0.4, -0.2) is 21.8 Å². The van der Waals surface area contributed by atoms with Gasteiger partial charge in [-0.3, -0.25) is 9.47 Å². The third kappa shape index (κ3) is 3.14. The highest BCUT2D eigenvalue weighted by atomic mass is 32.1. The number of hydrogen-bond acceptors (Lipinski definition) is 3. The largest absolute Gasteiger partial charge is 0.481 e. The summed E-state index contributed by atoms with van der Waals surface area (Å²) in [7, 11) is 0. The number of urea groups is 1. The summed E-state index contributed by atoms with van der Waals surface area (Å²) in [4.78, 5) is 22.6. The number of nitrogens with one attached hydrogen (secondary N) is 1. The molecule has 2 rings (SSSR count). The molecule has 2 amide bonds. The SMILES string of the molecule is NC(=O)Nn1c(CCC(=O)O)ccc1-c1cccs1. The first-order valence-electron chi connectivity index (χ1n) is 5.60.